The first kappa shape index (κ1) is 10.1. The smallest absolute Gasteiger partial charge is 0.142 e. The summed E-state index contributed by atoms with van der Waals surface area (Å²) in [5.41, 5.74) is 8.22. The van der Waals surface area contributed by atoms with Gasteiger partial charge in [-0.25, -0.2) is 0 Å². The maximum absolute atomic E-state index is 6.04. The molecule has 1 atom stereocenters. The minimum absolute atomic E-state index is 0.0888. The molecule has 2 aromatic rings. The van der Waals surface area contributed by atoms with E-state index in [-0.39, 0.29) is 6.04 Å². The van der Waals surface area contributed by atoms with Crippen molar-refractivity contribution < 1.29 is 4.74 Å². The lowest BCUT2D eigenvalue weighted by Gasteiger charge is -2.07. The van der Waals surface area contributed by atoms with Crippen LogP contribution in [0.3, 0.4) is 0 Å². The van der Waals surface area contributed by atoms with Crippen LogP contribution in [0.1, 0.15) is 24.9 Å². The van der Waals surface area contributed by atoms with Gasteiger partial charge in [0.05, 0.1) is 12.6 Å². The Morgan fingerprint density at radius 2 is 2.27 bits per heavy atom. The number of nitrogens with one attached hydrogen (secondary N) is 1. The summed E-state index contributed by atoms with van der Waals surface area (Å²) in [7, 11) is 1.68. The van der Waals surface area contributed by atoms with E-state index in [2.05, 4.69) is 18.0 Å². The molecule has 0 saturated carbocycles. The van der Waals surface area contributed by atoms with E-state index in [1.54, 1.807) is 7.11 Å². The van der Waals surface area contributed by atoms with E-state index in [0.717, 1.165) is 28.6 Å². The largest absolute Gasteiger partial charge is 0.495 e. The second kappa shape index (κ2) is 3.95. The first-order chi connectivity index (χ1) is 7.27. The van der Waals surface area contributed by atoms with Crippen LogP contribution in [0.4, 0.5) is 0 Å². The summed E-state index contributed by atoms with van der Waals surface area (Å²) < 4.78 is 5.28. The van der Waals surface area contributed by atoms with Gasteiger partial charge in [-0.15, -0.1) is 0 Å². The van der Waals surface area contributed by atoms with Gasteiger partial charge in [-0.3, -0.25) is 0 Å². The molecule has 3 N–H and O–H groups in total. The van der Waals surface area contributed by atoms with Crippen LogP contribution in [0.5, 0.6) is 5.75 Å². The Kier molecular flexibility index (Phi) is 2.64. The third-order valence-corrected chi connectivity index (χ3v) is 2.77. The molecule has 1 aromatic carbocycles. The monoisotopic (exact) mass is 204 g/mol. The molecule has 0 spiro atoms. The van der Waals surface area contributed by atoms with E-state index < -0.39 is 0 Å². The van der Waals surface area contributed by atoms with E-state index in [0.29, 0.717) is 0 Å². The summed E-state index contributed by atoms with van der Waals surface area (Å²) in [6.07, 6.45) is 2.91. The zero-order valence-electron chi connectivity index (χ0n) is 9.08. The number of aromatic nitrogens is 1. The van der Waals surface area contributed by atoms with Gasteiger partial charge in [-0.1, -0.05) is 19.1 Å². The molecule has 1 unspecified atom stereocenters. The maximum atomic E-state index is 6.04. The lowest BCUT2D eigenvalue weighted by atomic mass is 10.0. The summed E-state index contributed by atoms with van der Waals surface area (Å²) in [5.74, 6) is 0.863. The summed E-state index contributed by atoms with van der Waals surface area (Å²) in [5, 5.41) is 1.16. The van der Waals surface area contributed by atoms with Gasteiger partial charge in [0, 0.05) is 17.6 Å². The van der Waals surface area contributed by atoms with Gasteiger partial charge < -0.3 is 15.5 Å². The van der Waals surface area contributed by atoms with Gasteiger partial charge in [0.25, 0.3) is 0 Å². The average molecular weight is 204 g/mol. The third-order valence-electron chi connectivity index (χ3n) is 2.77. The average Bonchev–Trinajstić information content (AvgIpc) is 2.71. The molecule has 0 bridgehead atoms. The summed E-state index contributed by atoms with van der Waals surface area (Å²) in [6, 6.07) is 6.09. The Labute approximate surface area is 89.2 Å². The first-order valence-electron chi connectivity index (χ1n) is 5.17. The van der Waals surface area contributed by atoms with E-state index in [1.165, 1.54) is 0 Å². The van der Waals surface area contributed by atoms with E-state index in [9.17, 15) is 0 Å². The number of methoxy groups -OCH3 is 1. The number of para-hydroxylation sites is 1. The van der Waals surface area contributed by atoms with E-state index >= 15 is 0 Å². The van der Waals surface area contributed by atoms with Crippen molar-refractivity contribution in [2.24, 2.45) is 5.73 Å². The molecule has 0 aliphatic heterocycles. The van der Waals surface area contributed by atoms with Crippen LogP contribution in [-0.4, -0.2) is 12.1 Å². The van der Waals surface area contributed by atoms with Crippen LogP contribution >= 0.6 is 0 Å². The number of ether oxygens (including phenoxy) is 1. The Hall–Kier alpha value is -1.48. The highest BCUT2D eigenvalue weighted by Crippen LogP contribution is 2.30. The van der Waals surface area contributed by atoms with Crippen LogP contribution in [0.15, 0.2) is 24.4 Å². The number of fused-ring (bicyclic) bond motifs is 1. The van der Waals surface area contributed by atoms with E-state index in [1.807, 2.05) is 18.3 Å². The van der Waals surface area contributed by atoms with Crippen molar-refractivity contribution in [3.05, 3.63) is 30.0 Å². The van der Waals surface area contributed by atoms with Gasteiger partial charge in [0.2, 0.25) is 0 Å². The minimum Gasteiger partial charge on any atom is -0.495 e. The molecule has 0 aliphatic rings. The van der Waals surface area contributed by atoms with Crippen LogP contribution in [0.2, 0.25) is 0 Å². The quantitative estimate of drug-likeness (QED) is 0.807. The van der Waals surface area contributed by atoms with Gasteiger partial charge in [0.15, 0.2) is 0 Å². The fraction of sp³-hybridized carbons (Fsp3) is 0.333. The fourth-order valence-corrected chi connectivity index (χ4v) is 1.85. The second-order valence-electron chi connectivity index (χ2n) is 3.64. The fourth-order valence-electron chi connectivity index (χ4n) is 1.85. The predicted octanol–water partition coefficient (Wildman–Crippen LogP) is 2.59. The molecule has 0 radical (unpaired) electrons. The van der Waals surface area contributed by atoms with E-state index in [4.69, 9.17) is 10.5 Å². The van der Waals surface area contributed by atoms with Crippen molar-refractivity contribution in [1.82, 2.24) is 4.98 Å². The predicted molar refractivity (Wildman–Crippen MR) is 62.1 cm³/mol. The van der Waals surface area contributed by atoms with Crippen LogP contribution < -0.4 is 10.5 Å². The van der Waals surface area contributed by atoms with Gasteiger partial charge in [0.1, 0.15) is 5.75 Å². The molecule has 0 saturated heterocycles. The molecule has 15 heavy (non-hydrogen) atoms. The molecule has 80 valence electrons. The molecule has 1 heterocycles. The molecule has 0 amide bonds. The highest BCUT2D eigenvalue weighted by Gasteiger charge is 2.11. The van der Waals surface area contributed by atoms with Crippen molar-refractivity contribution in [2.45, 2.75) is 19.4 Å². The summed E-state index contributed by atoms with van der Waals surface area (Å²) in [6.45, 7) is 2.09. The maximum Gasteiger partial charge on any atom is 0.142 e. The number of H-pyrrole nitrogens is 1. The molecule has 0 fully saturated rings. The molecular formula is C12H16N2O. The highest BCUT2D eigenvalue weighted by atomic mass is 16.5. The van der Waals surface area contributed by atoms with Crippen LogP contribution in [0.25, 0.3) is 10.9 Å². The van der Waals surface area contributed by atoms with Gasteiger partial charge in [-0.2, -0.15) is 0 Å². The number of hydrogen-bond acceptors (Lipinski definition) is 2. The van der Waals surface area contributed by atoms with Crippen molar-refractivity contribution in [3.63, 3.8) is 0 Å². The summed E-state index contributed by atoms with van der Waals surface area (Å²) in [4.78, 5) is 3.22. The van der Waals surface area contributed by atoms with Crippen molar-refractivity contribution in [3.8, 4) is 5.75 Å². The normalized spacial score (nSPS) is 13.0. The Bertz CT molecular complexity index is 462. The topological polar surface area (TPSA) is 51.0 Å². The van der Waals surface area contributed by atoms with Gasteiger partial charge in [-0.05, 0) is 18.1 Å². The standard InChI is InChI=1S/C12H16N2O/c1-3-10(13)9-7-14-12-8(9)5-4-6-11(12)15-2/h4-7,10,14H,3,13H2,1-2H3. The van der Waals surface area contributed by atoms with Crippen LogP contribution in [-0.2, 0) is 0 Å². The zero-order chi connectivity index (χ0) is 10.8. The molecule has 3 heteroatoms. The Morgan fingerprint density at radius 3 is 2.93 bits per heavy atom. The highest BCUT2D eigenvalue weighted by molar-refractivity contribution is 5.88. The molecular weight excluding hydrogens is 188 g/mol. The number of benzene rings is 1. The van der Waals surface area contributed by atoms with Crippen LogP contribution in [0, 0.1) is 0 Å². The minimum atomic E-state index is 0.0888. The SMILES string of the molecule is CCC(N)c1c[nH]c2c(OC)cccc12. The lowest BCUT2D eigenvalue weighted by molar-refractivity contribution is 0.419. The lowest BCUT2D eigenvalue weighted by Crippen LogP contribution is -2.07. The van der Waals surface area contributed by atoms with Gasteiger partial charge >= 0.3 is 0 Å². The van der Waals surface area contributed by atoms with Crippen molar-refractivity contribution >= 4 is 10.9 Å². The number of nitrogens with two attached hydrogens (primary N) is 1. The first-order valence-corrected chi connectivity index (χ1v) is 5.17. The molecule has 1 aromatic heterocycles. The van der Waals surface area contributed by atoms with Crippen molar-refractivity contribution in [2.75, 3.05) is 7.11 Å². The number of hydrogen-bond donors (Lipinski definition) is 2. The summed E-state index contributed by atoms with van der Waals surface area (Å²) >= 11 is 0. The molecule has 0 aliphatic carbocycles. The molecule has 2 rings (SSSR count). The Morgan fingerprint density at radius 1 is 1.47 bits per heavy atom. The molecule has 3 nitrogen and oxygen atoms in total. The number of aromatic amines is 1. The number of rotatable bonds is 3. The van der Waals surface area contributed by atoms with Crippen molar-refractivity contribution in [1.29, 1.82) is 0 Å². The Balaban J connectivity index is 2.60. The zero-order valence-corrected chi connectivity index (χ0v) is 9.08. The second-order valence-corrected chi connectivity index (χ2v) is 3.64. The third kappa shape index (κ3) is 1.59.